The Hall–Kier alpha value is -3.55. The summed E-state index contributed by atoms with van der Waals surface area (Å²) in [7, 11) is 0. The molecule has 1 aromatic carbocycles. The third-order valence-electron chi connectivity index (χ3n) is 4.94. The van der Waals surface area contributed by atoms with Crippen LogP contribution >= 0.6 is 0 Å². The zero-order chi connectivity index (χ0) is 20.0. The Morgan fingerprint density at radius 1 is 1.25 bits per heavy atom. The van der Waals surface area contributed by atoms with E-state index in [2.05, 4.69) is 10.3 Å². The lowest BCUT2D eigenvalue weighted by Gasteiger charge is -2.30. The maximum absolute atomic E-state index is 12.9. The highest BCUT2D eigenvalue weighted by atomic mass is 16.5. The molecule has 0 bridgehead atoms. The van der Waals surface area contributed by atoms with Crippen molar-refractivity contribution in [3.05, 3.63) is 69.0 Å². The van der Waals surface area contributed by atoms with Crippen LogP contribution in [-0.2, 0) is 14.3 Å². The number of para-hydroxylation sites is 1. The van der Waals surface area contributed by atoms with Crippen LogP contribution < -0.4 is 21.3 Å². The summed E-state index contributed by atoms with van der Waals surface area (Å²) in [4.78, 5) is 41.1. The predicted octanol–water partition coefficient (Wildman–Crippen LogP) is 1.63. The number of anilines is 1. The Kier molecular flexibility index (Phi) is 4.18. The van der Waals surface area contributed by atoms with Crippen LogP contribution in [0.5, 0.6) is 5.75 Å². The van der Waals surface area contributed by atoms with Gasteiger partial charge in [-0.3, -0.25) is 9.59 Å². The zero-order valence-corrected chi connectivity index (χ0v) is 15.4. The van der Waals surface area contributed by atoms with Crippen LogP contribution in [0.1, 0.15) is 35.6 Å². The molecule has 3 heterocycles. The molecule has 2 aliphatic rings. The number of esters is 1. The molecule has 1 amide bonds. The molecule has 0 radical (unpaired) electrons. The van der Waals surface area contributed by atoms with Crippen molar-refractivity contribution in [1.29, 1.82) is 0 Å². The van der Waals surface area contributed by atoms with Gasteiger partial charge in [-0.1, -0.05) is 18.2 Å². The van der Waals surface area contributed by atoms with Crippen LogP contribution in [0.25, 0.3) is 0 Å². The number of nitrogens with two attached hydrogens (primary N) is 1. The molecule has 8 nitrogen and oxygen atoms in total. The van der Waals surface area contributed by atoms with E-state index in [-0.39, 0.29) is 35.3 Å². The largest absolute Gasteiger partial charge is 0.462 e. The Labute approximate surface area is 160 Å². The summed E-state index contributed by atoms with van der Waals surface area (Å²) in [5.74, 6) is -2.73. The molecule has 144 valence electrons. The maximum atomic E-state index is 12.9. The standard InChI is InChI=1S/C20H19N3O5/c1-3-27-20(26)16-15(13-10-6-4-5-7-11(10)23-18(13)24)14-12(28-17(16)21)8-9(2)22-19(14)25/h4-8,13,15H,3,21H2,1-2H3,(H,22,25)(H,23,24)/t13-,15-/m1/s1. The van der Waals surface area contributed by atoms with Crippen molar-refractivity contribution in [3.63, 3.8) is 0 Å². The Morgan fingerprint density at radius 2 is 2.00 bits per heavy atom. The number of aromatic nitrogens is 1. The van der Waals surface area contributed by atoms with Crippen LogP contribution in [0.4, 0.5) is 5.69 Å². The van der Waals surface area contributed by atoms with Crippen molar-refractivity contribution < 1.29 is 19.1 Å². The molecule has 2 atom stereocenters. The highest BCUT2D eigenvalue weighted by Crippen LogP contribution is 2.49. The number of amides is 1. The van der Waals surface area contributed by atoms with Gasteiger partial charge in [0.15, 0.2) is 0 Å². The van der Waals surface area contributed by atoms with Gasteiger partial charge in [0.2, 0.25) is 11.8 Å². The first-order valence-electron chi connectivity index (χ1n) is 8.90. The van der Waals surface area contributed by atoms with Gasteiger partial charge in [-0.05, 0) is 25.5 Å². The summed E-state index contributed by atoms with van der Waals surface area (Å²) >= 11 is 0. The number of pyridine rings is 1. The number of ether oxygens (including phenoxy) is 2. The number of carbonyl (C=O) groups is 2. The SMILES string of the molecule is CCOC(=O)C1=C(N)Oc2cc(C)[nH]c(=O)c2[C@H]1[C@@H]1C(=O)Nc2ccccc21. The van der Waals surface area contributed by atoms with Crippen molar-refractivity contribution in [2.75, 3.05) is 11.9 Å². The lowest BCUT2D eigenvalue weighted by molar-refractivity contribution is -0.139. The molecule has 0 saturated heterocycles. The van der Waals surface area contributed by atoms with E-state index in [0.29, 0.717) is 16.9 Å². The fourth-order valence-corrected chi connectivity index (χ4v) is 3.85. The zero-order valence-electron chi connectivity index (χ0n) is 15.4. The minimum atomic E-state index is -0.934. The lowest BCUT2D eigenvalue weighted by Crippen LogP contribution is -2.36. The van der Waals surface area contributed by atoms with E-state index >= 15 is 0 Å². The molecule has 8 heteroatoms. The minimum absolute atomic E-state index is 0.0273. The second kappa shape index (κ2) is 6.56. The van der Waals surface area contributed by atoms with E-state index < -0.39 is 23.4 Å². The minimum Gasteiger partial charge on any atom is -0.462 e. The summed E-state index contributed by atoms with van der Waals surface area (Å²) in [5.41, 5.74) is 7.67. The molecule has 2 aromatic rings. The fraction of sp³-hybridized carbons (Fsp3) is 0.250. The average Bonchev–Trinajstić information content (AvgIpc) is 2.95. The Balaban J connectivity index is 1.98. The van der Waals surface area contributed by atoms with Gasteiger partial charge in [0.25, 0.3) is 5.56 Å². The predicted molar refractivity (Wildman–Crippen MR) is 101 cm³/mol. The fourth-order valence-electron chi connectivity index (χ4n) is 3.85. The number of aryl methyl sites for hydroxylation is 1. The van der Waals surface area contributed by atoms with E-state index in [1.54, 1.807) is 44.2 Å². The average molecular weight is 381 g/mol. The number of carbonyl (C=O) groups excluding carboxylic acids is 2. The first kappa shape index (κ1) is 17.8. The topological polar surface area (TPSA) is 124 Å². The maximum Gasteiger partial charge on any atom is 0.340 e. The molecule has 0 spiro atoms. The molecular formula is C20H19N3O5. The first-order valence-corrected chi connectivity index (χ1v) is 8.90. The van der Waals surface area contributed by atoms with Gasteiger partial charge in [-0.15, -0.1) is 0 Å². The second-order valence-corrected chi connectivity index (χ2v) is 6.69. The van der Waals surface area contributed by atoms with Gasteiger partial charge < -0.3 is 25.5 Å². The number of nitrogens with one attached hydrogen (secondary N) is 2. The van der Waals surface area contributed by atoms with Gasteiger partial charge in [-0.25, -0.2) is 4.79 Å². The van der Waals surface area contributed by atoms with Crippen molar-refractivity contribution in [3.8, 4) is 5.75 Å². The highest BCUT2D eigenvalue weighted by molar-refractivity contribution is 6.05. The second-order valence-electron chi connectivity index (χ2n) is 6.69. The number of hydrogen-bond acceptors (Lipinski definition) is 6. The van der Waals surface area contributed by atoms with Crippen molar-refractivity contribution in [2.24, 2.45) is 5.73 Å². The summed E-state index contributed by atoms with van der Waals surface area (Å²) in [5, 5.41) is 2.81. The number of hydrogen-bond donors (Lipinski definition) is 3. The van der Waals surface area contributed by atoms with Gasteiger partial charge >= 0.3 is 5.97 Å². The molecule has 0 aliphatic carbocycles. The quantitative estimate of drug-likeness (QED) is 0.694. The summed E-state index contributed by atoms with van der Waals surface area (Å²) in [6, 6.07) is 8.77. The van der Waals surface area contributed by atoms with Crippen molar-refractivity contribution >= 4 is 17.6 Å². The van der Waals surface area contributed by atoms with Gasteiger partial charge in [0.05, 0.1) is 18.1 Å². The molecule has 0 fully saturated rings. The van der Waals surface area contributed by atoms with Crippen molar-refractivity contribution in [1.82, 2.24) is 4.98 Å². The Bertz CT molecular complexity index is 1090. The summed E-state index contributed by atoms with van der Waals surface area (Å²) < 4.78 is 10.7. The molecular weight excluding hydrogens is 362 g/mol. The number of benzene rings is 1. The molecule has 0 saturated carbocycles. The Morgan fingerprint density at radius 3 is 2.75 bits per heavy atom. The number of aromatic amines is 1. The van der Waals surface area contributed by atoms with Crippen LogP contribution in [-0.4, -0.2) is 23.5 Å². The van der Waals surface area contributed by atoms with Crippen LogP contribution in [0, 0.1) is 6.92 Å². The van der Waals surface area contributed by atoms with E-state index in [1.807, 2.05) is 0 Å². The van der Waals surface area contributed by atoms with Crippen LogP contribution in [0.15, 0.2) is 46.6 Å². The first-order chi connectivity index (χ1) is 13.4. The van der Waals surface area contributed by atoms with Crippen molar-refractivity contribution in [2.45, 2.75) is 25.7 Å². The van der Waals surface area contributed by atoms with Gasteiger partial charge in [0, 0.05) is 23.4 Å². The monoisotopic (exact) mass is 381 g/mol. The van der Waals surface area contributed by atoms with E-state index in [1.165, 1.54) is 0 Å². The van der Waals surface area contributed by atoms with E-state index in [0.717, 1.165) is 0 Å². The normalized spacial score (nSPS) is 20.1. The van der Waals surface area contributed by atoms with Gasteiger partial charge in [-0.2, -0.15) is 0 Å². The summed E-state index contributed by atoms with van der Waals surface area (Å²) in [6.45, 7) is 3.49. The van der Waals surface area contributed by atoms with E-state index in [9.17, 15) is 14.4 Å². The highest BCUT2D eigenvalue weighted by Gasteiger charge is 2.47. The van der Waals surface area contributed by atoms with Gasteiger partial charge in [0.1, 0.15) is 11.3 Å². The molecule has 4 rings (SSSR count). The lowest BCUT2D eigenvalue weighted by atomic mass is 9.76. The molecule has 2 aliphatic heterocycles. The number of H-pyrrole nitrogens is 1. The number of fused-ring (bicyclic) bond motifs is 2. The smallest absolute Gasteiger partial charge is 0.340 e. The van der Waals surface area contributed by atoms with Crippen LogP contribution in [0.2, 0.25) is 0 Å². The summed E-state index contributed by atoms with van der Waals surface area (Å²) in [6.07, 6.45) is 0. The molecule has 1 aromatic heterocycles. The van der Waals surface area contributed by atoms with E-state index in [4.69, 9.17) is 15.2 Å². The molecule has 28 heavy (non-hydrogen) atoms. The third-order valence-corrected chi connectivity index (χ3v) is 4.94. The van der Waals surface area contributed by atoms with Crippen LogP contribution in [0.3, 0.4) is 0 Å². The molecule has 0 unspecified atom stereocenters. The third kappa shape index (κ3) is 2.65. The number of rotatable bonds is 3. The molecule has 4 N–H and O–H groups in total.